The Kier molecular flexibility index (Phi) is 21.2. The molecule has 17 nitrogen and oxygen atoms in total. The molecule has 0 heterocycles. The van der Waals surface area contributed by atoms with Crippen molar-refractivity contribution >= 4 is 65.1 Å². The van der Waals surface area contributed by atoms with Gasteiger partial charge in [-0.3, -0.25) is 4.90 Å². The molecule has 0 aliphatic carbocycles. The molecular weight excluding hydrogens is 863 g/mol. The molecule has 0 bridgehead atoms. The Hall–Kier alpha value is -3.38. The maximum absolute atomic E-state index is 12.3. The van der Waals surface area contributed by atoms with Crippen molar-refractivity contribution in [1.82, 2.24) is 4.90 Å². The van der Waals surface area contributed by atoms with Gasteiger partial charge in [0.15, 0.2) is 5.75 Å². The maximum atomic E-state index is 12.3. The number of nitrogens with one attached hydrogen (secondary N) is 1. The van der Waals surface area contributed by atoms with Gasteiger partial charge in [-0.05, 0) is 112 Å². The van der Waals surface area contributed by atoms with E-state index in [9.17, 15) is 31.0 Å². The average molecular weight is 911 g/mol. The molecule has 0 aliphatic rings. The van der Waals surface area contributed by atoms with Crippen LogP contribution in [0.25, 0.3) is 10.8 Å². The van der Waals surface area contributed by atoms with Crippen molar-refractivity contribution < 1.29 is 110 Å². The SMILES string of the molecule is CC(O)CN(CC(C)O)CC(C)O.COc1cc(N=Nc2c(C)cc(C)cc2S(=O)(=O)[O-])c(C)cc1N=Nc1c(S(=O)(=O)[O-])cc2cc(Nc3ccccc3)ccc2c1O.[Na+].[Na+]. The molecular formula is C41H48N6Na2O11S2. The first-order valence-corrected chi connectivity index (χ1v) is 21.3. The van der Waals surface area contributed by atoms with Crippen molar-refractivity contribution in [1.29, 1.82) is 0 Å². The monoisotopic (exact) mass is 910 g/mol. The number of aliphatic hydroxyl groups excluding tert-OH is 3. The predicted molar refractivity (Wildman–Crippen MR) is 225 cm³/mol. The van der Waals surface area contributed by atoms with Gasteiger partial charge in [-0.25, -0.2) is 16.8 Å². The summed E-state index contributed by atoms with van der Waals surface area (Å²) in [6.07, 6.45) is -1.30. The molecule has 0 aromatic heterocycles. The minimum atomic E-state index is -5.12. The van der Waals surface area contributed by atoms with Crippen molar-refractivity contribution in [3.63, 3.8) is 0 Å². The van der Waals surface area contributed by atoms with Crippen LogP contribution in [0.3, 0.4) is 0 Å². The number of para-hydroxylation sites is 1. The number of aromatic hydroxyl groups is 1. The van der Waals surface area contributed by atoms with Gasteiger partial charge in [0, 0.05) is 42.5 Å². The fourth-order valence-corrected chi connectivity index (χ4v) is 7.62. The van der Waals surface area contributed by atoms with E-state index < -0.39 is 59.8 Å². The van der Waals surface area contributed by atoms with Crippen LogP contribution in [0.15, 0.2) is 109 Å². The largest absolute Gasteiger partial charge is 1.00 e. The van der Waals surface area contributed by atoms with E-state index in [0.717, 1.165) is 11.8 Å². The van der Waals surface area contributed by atoms with E-state index in [0.29, 0.717) is 42.0 Å². The third kappa shape index (κ3) is 15.7. The number of fused-ring (bicyclic) bond motifs is 1. The standard InChI is InChI=1S/C32H29N5O8S2.C9H21NO3.2Na/c1-18-12-20(3)30(28(13-18)46(39,40)41)36-34-25-17-27(45-4)26(14-19(25)2)35-37-31-29(47(42,43)44)16-21-15-23(10-11-24(21)32(31)38)33-22-8-6-5-7-9-22;1-7(11)4-10(5-8(2)12)6-9(3)13;;/h5-17,33,38H,1-4H3,(H,39,40,41)(H,42,43,44);7-9,11-13H,4-6H2,1-3H3;;/q;;2*+1/p-2. The summed E-state index contributed by atoms with van der Waals surface area (Å²) in [6.45, 7) is 11.4. The van der Waals surface area contributed by atoms with Crippen molar-refractivity contribution in [3.8, 4) is 11.5 Å². The number of phenolic OH excluding ortho intramolecular Hbond substituents is 1. The van der Waals surface area contributed by atoms with Crippen LogP contribution in [0.4, 0.5) is 34.1 Å². The molecule has 5 rings (SSSR count). The van der Waals surface area contributed by atoms with E-state index in [1.807, 2.05) is 35.2 Å². The number of anilines is 2. The Morgan fingerprint density at radius 2 is 1.19 bits per heavy atom. The van der Waals surface area contributed by atoms with Gasteiger partial charge < -0.3 is 39.6 Å². The summed E-state index contributed by atoms with van der Waals surface area (Å²) in [6, 6.07) is 21.0. The fourth-order valence-electron chi connectivity index (χ4n) is 6.21. The quantitative estimate of drug-likeness (QED) is 0.0564. The number of ether oxygens (including phenoxy) is 1. The fraction of sp³-hybridized carbons (Fsp3) is 0.317. The predicted octanol–water partition coefficient (Wildman–Crippen LogP) is 1.30. The second kappa shape index (κ2) is 24.1. The Morgan fingerprint density at radius 1 is 0.661 bits per heavy atom. The summed E-state index contributed by atoms with van der Waals surface area (Å²) < 4.78 is 77.8. The molecule has 3 atom stereocenters. The molecule has 0 aliphatic heterocycles. The molecule has 0 radical (unpaired) electrons. The molecule has 0 spiro atoms. The minimum Gasteiger partial charge on any atom is -0.744 e. The van der Waals surface area contributed by atoms with E-state index in [1.54, 1.807) is 65.8 Å². The molecule has 0 fully saturated rings. The third-order valence-electron chi connectivity index (χ3n) is 8.64. The van der Waals surface area contributed by atoms with Crippen LogP contribution in [-0.2, 0) is 20.2 Å². The van der Waals surface area contributed by atoms with Gasteiger partial charge >= 0.3 is 59.1 Å². The molecule has 322 valence electrons. The number of hydrogen-bond acceptors (Lipinski definition) is 17. The van der Waals surface area contributed by atoms with Gasteiger partial charge in [-0.1, -0.05) is 24.3 Å². The number of phenols is 1. The molecule has 0 saturated heterocycles. The van der Waals surface area contributed by atoms with Crippen molar-refractivity contribution in [2.24, 2.45) is 20.5 Å². The van der Waals surface area contributed by atoms with Gasteiger partial charge in [-0.15, -0.1) is 15.3 Å². The van der Waals surface area contributed by atoms with Gasteiger partial charge in [0.05, 0.1) is 40.9 Å². The van der Waals surface area contributed by atoms with Crippen molar-refractivity contribution in [3.05, 3.63) is 95.6 Å². The number of benzene rings is 5. The number of hydrogen-bond donors (Lipinski definition) is 5. The summed E-state index contributed by atoms with van der Waals surface area (Å²) in [5, 5.41) is 58.4. The van der Waals surface area contributed by atoms with Crippen LogP contribution in [0.2, 0.25) is 0 Å². The smallest absolute Gasteiger partial charge is 0.744 e. The Morgan fingerprint density at radius 3 is 1.73 bits per heavy atom. The van der Waals surface area contributed by atoms with Crippen LogP contribution in [-0.4, -0.2) is 96.3 Å². The molecule has 62 heavy (non-hydrogen) atoms. The first kappa shape index (κ1) is 54.8. The second-order valence-electron chi connectivity index (χ2n) is 14.3. The summed E-state index contributed by atoms with van der Waals surface area (Å²) in [7, 11) is -8.62. The third-order valence-corrected chi connectivity index (χ3v) is 10.3. The maximum Gasteiger partial charge on any atom is 1.00 e. The zero-order chi connectivity index (χ0) is 44.5. The molecule has 0 amide bonds. The molecule has 3 unspecified atom stereocenters. The average Bonchev–Trinajstić information content (AvgIpc) is 3.13. The zero-order valence-corrected chi connectivity index (χ0v) is 41.7. The Bertz CT molecular complexity index is 2570. The van der Waals surface area contributed by atoms with Crippen molar-refractivity contribution in [2.45, 2.75) is 69.6 Å². The Labute approximate surface area is 406 Å². The Balaban J connectivity index is 0.000000765. The van der Waals surface area contributed by atoms with Crippen molar-refractivity contribution in [2.75, 3.05) is 32.1 Å². The molecule has 21 heteroatoms. The first-order valence-electron chi connectivity index (χ1n) is 18.5. The number of methoxy groups -OCH3 is 1. The van der Waals surface area contributed by atoms with Gasteiger partial charge in [0.25, 0.3) is 0 Å². The number of rotatable bonds is 15. The van der Waals surface area contributed by atoms with E-state index >= 15 is 0 Å². The molecule has 5 aromatic carbocycles. The molecule has 0 saturated carbocycles. The summed E-state index contributed by atoms with van der Waals surface area (Å²) in [4.78, 5) is 0.568. The van der Waals surface area contributed by atoms with Gasteiger partial charge in [0.1, 0.15) is 43.0 Å². The molecule has 5 aromatic rings. The topological polar surface area (TPSA) is 269 Å². The number of azo groups is 2. The summed E-state index contributed by atoms with van der Waals surface area (Å²) in [5.41, 5.74) is 2.51. The number of aryl methyl sites for hydroxylation is 3. The van der Waals surface area contributed by atoms with Crippen LogP contribution < -0.4 is 69.2 Å². The number of nitrogens with zero attached hydrogens (tertiary/aromatic N) is 5. The van der Waals surface area contributed by atoms with Crippen LogP contribution >= 0.6 is 0 Å². The van der Waals surface area contributed by atoms with E-state index in [1.165, 1.54) is 25.3 Å². The van der Waals surface area contributed by atoms with Crippen LogP contribution in [0.5, 0.6) is 11.5 Å². The van der Waals surface area contributed by atoms with E-state index in [2.05, 4.69) is 25.8 Å². The van der Waals surface area contributed by atoms with Crippen LogP contribution in [0, 0.1) is 20.8 Å². The summed E-state index contributed by atoms with van der Waals surface area (Å²) >= 11 is 0. The number of aliphatic hydroxyl groups is 3. The summed E-state index contributed by atoms with van der Waals surface area (Å²) in [5.74, 6) is -0.459. The van der Waals surface area contributed by atoms with E-state index in [-0.39, 0.29) is 92.7 Å². The van der Waals surface area contributed by atoms with E-state index in [4.69, 9.17) is 20.1 Å². The normalized spacial score (nSPS) is 13.2. The first-order chi connectivity index (χ1) is 28.1. The zero-order valence-electron chi connectivity index (χ0n) is 36.1. The van der Waals surface area contributed by atoms with Gasteiger partial charge in [0.2, 0.25) is 0 Å². The van der Waals surface area contributed by atoms with Crippen LogP contribution in [0.1, 0.15) is 37.5 Å². The minimum absolute atomic E-state index is 0. The molecule has 5 N–H and O–H groups in total. The second-order valence-corrected chi connectivity index (χ2v) is 17.0. The van der Waals surface area contributed by atoms with Gasteiger partial charge in [-0.2, -0.15) is 5.11 Å².